The molecule has 1 aliphatic carbocycles. The first-order valence-corrected chi connectivity index (χ1v) is 8.30. The Bertz CT molecular complexity index is 646. The normalized spacial score (nSPS) is 22.2. The number of urea groups is 1. The zero-order valence-corrected chi connectivity index (χ0v) is 13.7. The number of hydrogen-bond acceptors (Lipinski definition) is 3. The molecule has 2 N–H and O–H groups in total. The second-order valence-corrected chi connectivity index (χ2v) is 6.40. The monoisotopic (exact) mass is 335 g/mol. The third-order valence-corrected chi connectivity index (χ3v) is 4.89. The van der Waals surface area contributed by atoms with Crippen molar-refractivity contribution in [1.29, 1.82) is 0 Å². The summed E-state index contributed by atoms with van der Waals surface area (Å²) in [7, 11) is 0. The number of benzene rings is 1. The Morgan fingerprint density at radius 1 is 1.42 bits per heavy atom. The summed E-state index contributed by atoms with van der Waals surface area (Å²) in [5.74, 6) is -1.18. The summed E-state index contributed by atoms with van der Waals surface area (Å²) in [6.45, 7) is 3.20. The second kappa shape index (κ2) is 6.76. The molecule has 0 saturated heterocycles. The van der Waals surface area contributed by atoms with Gasteiger partial charge in [0.15, 0.2) is 0 Å². The van der Waals surface area contributed by atoms with Crippen LogP contribution in [0.5, 0.6) is 0 Å². The van der Waals surface area contributed by atoms with Crippen LogP contribution in [0.15, 0.2) is 18.2 Å². The molecule has 2 amide bonds. The highest BCUT2D eigenvalue weighted by molar-refractivity contribution is 5.94. The fraction of sp³-hybridized carbons (Fsp3) is 0.529. The molecule has 1 saturated carbocycles. The molecule has 0 atom stereocenters. The van der Waals surface area contributed by atoms with E-state index in [-0.39, 0.29) is 30.5 Å². The number of carboxylic acid groups (broad SMARTS) is 1. The second-order valence-electron chi connectivity index (χ2n) is 6.40. The van der Waals surface area contributed by atoms with E-state index in [1.54, 1.807) is 11.0 Å². The molecule has 6 nitrogen and oxygen atoms in total. The van der Waals surface area contributed by atoms with Crippen molar-refractivity contribution in [3.05, 3.63) is 29.6 Å². The van der Waals surface area contributed by atoms with Gasteiger partial charge in [0, 0.05) is 18.6 Å². The van der Waals surface area contributed by atoms with Crippen LogP contribution < -0.4 is 10.2 Å². The van der Waals surface area contributed by atoms with Gasteiger partial charge in [-0.1, -0.05) is 13.0 Å². The maximum absolute atomic E-state index is 13.4. The number of hydrogen-bond donors (Lipinski definition) is 2. The van der Waals surface area contributed by atoms with Crippen molar-refractivity contribution in [2.75, 3.05) is 24.5 Å². The molecule has 1 heterocycles. The van der Waals surface area contributed by atoms with Crippen LogP contribution in [0.25, 0.3) is 0 Å². The summed E-state index contributed by atoms with van der Waals surface area (Å²) in [6.07, 6.45) is 2.23. The van der Waals surface area contributed by atoms with Gasteiger partial charge in [-0.25, -0.2) is 9.18 Å². The van der Waals surface area contributed by atoms with Crippen LogP contribution in [-0.2, 0) is 11.2 Å². The molecular formula is C17H22FN3O3. The van der Waals surface area contributed by atoms with E-state index >= 15 is 0 Å². The standard InChI is InChI=1S/C17H22FN3O3/c1-2-20(10-16(22)23)14-8-13(9-14)19-17(24)21-6-5-11-3-4-12(18)7-15(11)21/h3-4,7,13-14H,2,5-6,8-10H2,1H3,(H,19,24)(H,22,23). The van der Waals surface area contributed by atoms with Crippen LogP contribution in [0.1, 0.15) is 25.3 Å². The van der Waals surface area contributed by atoms with Gasteiger partial charge in [0.2, 0.25) is 0 Å². The number of anilines is 1. The average molecular weight is 335 g/mol. The first kappa shape index (κ1) is 16.7. The van der Waals surface area contributed by atoms with Gasteiger partial charge in [-0.2, -0.15) is 0 Å². The minimum absolute atomic E-state index is 0.0284. The number of aliphatic carboxylic acids is 1. The summed E-state index contributed by atoms with van der Waals surface area (Å²) < 4.78 is 13.4. The lowest BCUT2D eigenvalue weighted by atomic mass is 9.85. The number of rotatable bonds is 5. The lowest BCUT2D eigenvalue weighted by molar-refractivity contribution is -0.139. The zero-order valence-electron chi connectivity index (χ0n) is 13.7. The number of nitrogens with zero attached hydrogens (tertiary/aromatic N) is 2. The van der Waals surface area contributed by atoms with E-state index in [0.717, 1.165) is 24.8 Å². The number of amides is 2. The summed E-state index contributed by atoms with van der Waals surface area (Å²) in [4.78, 5) is 26.8. The lowest BCUT2D eigenvalue weighted by Gasteiger charge is -2.42. The Balaban J connectivity index is 1.53. The topological polar surface area (TPSA) is 72.9 Å². The van der Waals surface area contributed by atoms with Crippen LogP contribution in [0, 0.1) is 5.82 Å². The SMILES string of the molecule is CCN(CC(=O)O)C1CC(NC(=O)N2CCc3ccc(F)cc32)C1. The number of fused-ring (bicyclic) bond motifs is 1. The van der Waals surface area contributed by atoms with Crippen LogP contribution in [0.3, 0.4) is 0 Å². The Labute approximate surface area is 140 Å². The molecule has 0 radical (unpaired) electrons. The first-order valence-electron chi connectivity index (χ1n) is 8.30. The van der Waals surface area contributed by atoms with E-state index in [1.807, 2.05) is 11.8 Å². The Hall–Kier alpha value is -2.15. The van der Waals surface area contributed by atoms with Crippen molar-refractivity contribution in [2.45, 2.75) is 38.3 Å². The molecule has 0 spiro atoms. The van der Waals surface area contributed by atoms with Gasteiger partial charge in [0.1, 0.15) is 5.82 Å². The van der Waals surface area contributed by atoms with Crippen LogP contribution in [0.4, 0.5) is 14.9 Å². The van der Waals surface area contributed by atoms with E-state index in [2.05, 4.69) is 5.32 Å². The predicted molar refractivity (Wildman–Crippen MR) is 87.7 cm³/mol. The van der Waals surface area contributed by atoms with Gasteiger partial charge >= 0.3 is 12.0 Å². The van der Waals surface area contributed by atoms with Gasteiger partial charge < -0.3 is 10.4 Å². The molecule has 0 aromatic heterocycles. The molecule has 2 aliphatic rings. The predicted octanol–water partition coefficient (Wildman–Crippen LogP) is 1.84. The van der Waals surface area contributed by atoms with Crippen LogP contribution in [-0.4, -0.2) is 53.7 Å². The molecule has 1 aromatic carbocycles. The minimum Gasteiger partial charge on any atom is -0.480 e. The van der Waals surface area contributed by atoms with Crippen LogP contribution >= 0.6 is 0 Å². The molecule has 130 valence electrons. The molecule has 1 aromatic rings. The fourth-order valence-electron chi connectivity index (χ4n) is 3.49. The van der Waals surface area contributed by atoms with Crippen LogP contribution in [0.2, 0.25) is 0 Å². The van der Waals surface area contributed by atoms with Crippen molar-refractivity contribution >= 4 is 17.7 Å². The summed E-state index contributed by atoms with van der Waals surface area (Å²) >= 11 is 0. The van der Waals surface area contributed by atoms with Gasteiger partial charge in [0.05, 0.1) is 12.2 Å². The van der Waals surface area contributed by atoms with E-state index in [9.17, 15) is 14.0 Å². The zero-order chi connectivity index (χ0) is 17.3. The maximum Gasteiger partial charge on any atom is 0.322 e. The van der Waals surface area contributed by atoms with Crippen molar-refractivity contribution in [3.8, 4) is 0 Å². The highest BCUT2D eigenvalue weighted by atomic mass is 19.1. The smallest absolute Gasteiger partial charge is 0.322 e. The van der Waals surface area contributed by atoms with Crippen molar-refractivity contribution in [2.24, 2.45) is 0 Å². The number of carboxylic acids is 1. The van der Waals surface area contributed by atoms with Gasteiger partial charge in [-0.05, 0) is 43.5 Å². The van der Waals surface area contributed by atoms with Gasteiger partial charge in [-0.3, -0.25) is 14.6 Å². The van der Waals surface area contributed by atoms with Crippen molar-refractivity contribution < 1.29 is 19.1 Å². The van der Waals surface area contributed by atoms with Crippen molar-refractivity contribution in [3.63, 3.8) is 0 Å². The van der Waals surface area contributed by atoms with E-state index in [4.69, 9.17) is 5.11 Å². The Morgan fingerprint density at radius 2 is 2.17 bits per heavy atom. The number of halogens is 1. The quantitative estimate of drug-likeness (QED) is 0.861. The highest BCUT2D eigenvalue weighted by Crippen LogP contribution is 2.30. The maximum atomic E-state index is 13.4. The summed E-state index contributed by atoms with van der Waals surface area (Å²) in [5, 5.41) is 11.9. The Morgan fingerprint density at radius 3 is 2.83 bits per heavy atom. The lowest BCUT2D eigenvalue weighted by Crippen LogP contribution is -2.56. The third kappa shape index (κ3) is 3.36. The largest absolute Gasteiger partial charge is 0.480 e. The van der Waals surface area contributed by atoms with E-state index in [1.165, 1.54) is 12.1 Å². The number of nitrogens with one attached hydrogen (secondary N) is 1. The summed E-state index contributed by atoms with van der Waals surface area (Å²) in [5.41, 5.74) is 1.63. The minimum atomic E-state index is -0.833. The molecule has 3 rings (SSSR count). The van der Waals surface area contributed by atoms with Crippen molar-refractivity contribution in [1.82, 2.24) is 10.2 Å². The fourth-order valence-corrected chi connectivity index (χ4v) is 3.49. The summed E-state index contributed by atoms with van der Waals surface area (Å²) in [6, 6.07) is 4.57. The molecule has 7 heteroatoms. The van der Waals surface area contributed by atoms with E-state index in [0.29, 0.717) is 18.8 Å². The molecule has 1 fully saturated rings. The number of likely N-dealkylation sites (N-methyl/N-ethyl adjacent to an activating group) is 1. The molecule has 24 heavy (non-hydrogen) atoms. The highest BCUT2D eigenvalue weighted by Gasteiger charge is 2.36. The third-order valence-electron chi connectivity index (χ3n) is 4.89. The number of carbonyl (C=O) groups is 2. The molecular weight excluding hydrogens is 313 g/mol. The molecule has 0 unspecified atom stereocenters. The molecule has 1 aliphatic heterocycles. The Kier molecular flexibility index (Phi) is 4.71. The average Bonchev–Trinajstić information content (AvgIpc) is 2.91. The molecule has 0 bridgehead atoms. The van der Waals surface area contributed by atoms with E-state index < -0.39 is 5.97 Å². The first-order chi connectivity index (χ1) is 11.5. The van der Waals surface area contributed by atoms with Gasteiger partial charge in [-0.15, -0.1) is 0 Å². The van der Waals surface area contributed by atoms with Gasteiger partial charge in [0.25, 0.3) is 0 Å². The number of carbonyl (C=O) groups excluding carboxylic acids is 1.